The molecule has 3 nitrogen and oxygen atoms in total. The van der Waals surface area contributed by atoms with Crippen molar-refractivity contribution in [3.8, 4) is 11.5 Å². The summed E-state index contributed by atoms with van der Waals surface area (Å²) in [4.78, 5) is 11.8. The zero-order valence-corrected chi connectivity index (χ0v) is 12.3. The Kier molecular flexibility index (Phi) is 5.07. The summed E-state index contributed by atoms with van der Waals surface area (Å²) in [5.41, 5.74) is 1.84. The van der Waals surface area contributed by atoms with Crippen LogP contribution in [0.5, 0.6) is 11.5 Å². The fraction of sp³-hybridized carbons (Fsp3) is 0.188. The third kappa shape index (κ3) is 3.54. The lowest BCUT2D eigenvalue weighted by molar-refractivity contribution is 0.112. The minimum Gasteiger partial charge on any atom is -0.493 e. The van der Waals surface area contributed by atoms with Crippen molar-refractivity contribution in [3.63, 3.8) is 0 Å². The molecule has 4 heteroatoms. The first-order valence-corrected chi connectivity index (χ1v) is 7.14. The summed E-state index contributed by atoms with van der Waals surface area (Å²) in [5.74, 6) is 2.26. The maximum atomic E-state index is 10.7. The van der Waals surface area contributed by atoms with Gasteiger partial charge in [-0.2, -0.15) is 0 Å². The molecule has 2 aromatic rings. The van der Waals surface area contributed by atoms with Gasteiger partial charge in [-0.05, 0) is 29.8 Å². The van der Waals surface area contributed by atoms with Crippen LogP contribution in [0.4, 0.5) is 0 Å². The second-order valence-corrected chi connectivity index (χ2v) is 5.22. The molecule has 0 saturated carbocycles. The van der Waals surface area contributed by atoms with E-state index < -0.39 is 0 Å². The van der Waals surface area contributed by atoms with Gasteiger partial charge in [0, 0.05) is 16.2 Å². The number of benzene rings is 2. The van der Waals surface area contributed by atoms with Gasteiger partial charge in [-0.1, -0.05) is 18.2 Å². The van der Waals surface area contributed by atoms with Crippen LogP contribution in [-0.2, 0) is 5.75 Å². The van der Waals surface area contributed by atoms with Gasteiger partial charge < -0.3 is 9.47 Å². The monoisotopic (exact) mass is 288 g/mol. The average molecular weight is 288 g/mol. The van der Waals surface area contributed by atoms with Crippen LogP contribution in [0.2, 0.25) is 0 Å². The molecule has 104 valence electrons. The molecule has 0 unspecified atom stereocenters. The van der Waals surface area contributed by atoms with E-state index in [1.165, 1.54) is 0 Å². The molecule has 0 N–H and O–H groups in total. The summed E-state index contributed by atoms with van der Waals surface area (Å²) in [6.07, 6.45) is 0.862. The molecule has 2 aromatic carbocycles. The standard InChI is InChI=1S/C16H16O3S/c1-18-15-7-6-13(9-16(15)19-2)11-20-14-5-3-4-12(8-14)10-17/h3-10H,11H2,1-2H3. The molecule has 0 atom stereocenters. The third-order valence-corrected chi connectivity index (χ3v) is 3.91. The lowest BCUT2D eigenvalue weighted by Gasteiger charge is -2.09. The highest BCUT2D eigenvalue weighted by molar-refractivity contribution is 7.98. The number of aldehydes is 1. The summed E-state index contributed by atoms with van der Waals surface area (Å²) in [5, 5.41) is 0. The number of hydrogen-bond acceptors (Lipinski definition) is 4. The van der Waals surface area contributed by atoms with E-state index in [4.69, 9.17) is 9.47 Å². The first-order valence-electron chi connectivity index (χ1n) is 6.15. The summed E-state index contributed by atoms with van der Waals surface area (Å²) in [6.45, 7) is 0. The Morgan fingerprint density at radius 1 is 1.05 bits per heavy atom. The van der Waals surface area contributed by atoms with Gasteiger partial charge in [0.05, 0.1) is 14.2 Å². The molecule has 0 aliphatic carbocycles. The molecule has 0 amide bonds. The van der Waals surface area contributed by atoms with E-state index >= 15 is 0 Å². The Morgan fingerprint density at radius 3 is 2.55 bits per heavy atom. The highest BCUT2D eigenvalue weighted by atomic mass is 32.2. The molecule has 0 fully saturated rings. The lowest BCUT2D eigenvalue weighted by Crippen LogP contribution is -1.92. The summed E-state index contributed by atoms with van der Waals surface area (Å²) < 4.78 is 10.5. The van der Waals surface area contributed by atoms with Crippen LogP contribution in [0.1, 0.15) is 15.9 Å². The molecule has 2 rings (SSSR count). The SMILES string of the molecule is COc1ccc(CSc2cccc(C=O)c2)cc1OC. The van der Waals surface area contributed by atoms with Crippen LogP contribution in [-0.4, -0.2) is 20.5 Å². The normalized spacial score (nSPS) is 10.1. The molecule has 0 heterocycles. The number of thioether (sulfide) groups is 1. The summed E-state index contributed by atoms with van der Waals surface area (Å²) in [6, 6.07) is 13.5. The number of methoxy groups -OCH3 is 2. The van der Waals surface area contributed by atoms with Crippen LogP contribution in [0.15, 0.2) is 47.4 Å². The van der Waals surface area contributed by atoms with Crippen molar-refractivity contribution in [1.82, 2.24) is 0 Å². The van der Waals surface area contributed by atoms with Crippen molar-refractivity contribution in [1.29, 1.82) is 0 Å². The van der Waals surface area contributed by atoms with Gasteiger partial charge in [0.25, 0.3) is 0 Å². The van der Waals surface area contributed by atoms with Gasteiger partial charge in [0.1, 0.15) is 6.29 Å². The molecule has 0 saturated heterocycles. The average Bonchev–Trinajstić information content (AvgIpc) is 2.52. The van der Waals surface area contributed by atoms with E-state index in [0.717, 1.165) is 34.0 Å². The minimum absolute atomic E-state index is 0.697. The highest BCUT2D eigenvalue weighted by Gasteiger charge is 2.05. The van der Waals surface area contributed by atoms with Crippen LogP contribution in [0.3, 0.4) is 0 Å². The molecule has 0 bridgehead atoms. The predicted molar refractivity (Wildman–Crippen MR) is 80.9 cm³/mol. The third-order valence-electron chi connectivity index (χ3n) is 2.85. The Labute approximate surface area is 122 Å². The van der Waals surface area contributed by atoms with Crippen molar-refractivity contribution >= 4 is 18.0 Å². The van der Waals surface area contributed by atoms with E-state index in [2.05, 4.69) is 0 Å². The zero-order chi connectivity index (χ0) is 14.4. The molecule has 0 radical (unpaired) electrons. The fourth-order valence-corrected chi connectivity index (χ4v) is 2.72. The number of hydrogen-bond donors (Lipinski definition) is 0. The predicted octanol–water partition coefficient (Wildman–Crippen LogP) is 3.81. The van der Waals surface area contributed by atoms with E-state index in [0.29, 0.717) is 5.56 Å². The maximum absolute atomic E-state index is 10.7. The lowest BCUT2D eigenvalue weighted by atomic mass is 10.2. The largest absolute Gasteiger partial charge is 0.493 e. The van der Waals surface area contributed by atoms with Crippen molar-refractivity contribution in [3.05, 3.63) is 53.6 Å². The first-order chi connectivity index (χ1) is 9.76. The number of carbonyl (C=O) groups is 1. The van der Waals surface area contributed by atoms with Gasteiger partial charge in [-0.15, -0.1) is 11.8 Å². The maximum Gasteiger partial charge on any atom is 0.161 e. The number of rotatable bonds is 6. The van der Waals surface area contributed by atoms with Crippen molar-refractivity contribution in [2.24, 2.45) is 0 Å². The van der Waals surface area contributed by atoms with Gasteiger partial charge in [-0.25, -0.2) is 0 Å². The number of ether oxygens (including phenoxy) is 2. The molecule has 20 heavy (non-hydrogen) atoms. The zero-order valence-electron chi connectivity index (χ0n) is 11.5. The molecule has 0 aromatic heterocycles. The highest BCUT2D eigenvalue weighted by Crippen LogP contribution is 2.30. The minimum atomic E-state index is 0.697. The van der Waals surface area contributed by atoms with Gasteiger partial charge >= 0.3 is 0 Å². The van der Waals surface area contributed by atoms with E-state index in [1.807, 2.05) is 36.4 Å². The van der Waals surface area contributed by atoms with E-state index in [1.54, 1.807) is 32.0 Å². The van der Waals surface area contributed by atoms with Crippen LogP contribution in [0.25, 0.3) is 0 Å². The smallest absolute Gasteiger partial charge is 0.161 e. The quantitative estimate of drug-likeness (QED) is 0.598. The van der Waals surface area contributed by atoms with E-state index in [9.17, 15) is 4.79 Å². The van der Waals surface area contributed by atoms with Crippen molar-refractivity contribution in [2.45, 2.75) is 10.6 Å². The van der Waals surface area contributed by atoms with Gasteiger partial charge in [0.15, 0.2) is 11.5 Å². The number of carbonyl (C=O) groups excluding carboxylic acids is 1. The first kappa shape index (κ1) is 14.5. The van der Waals surface area contributed by atoms with Crippen molar-refractivity contribution in [2.75, 3.05) is 14.2 Å². The summed E-state index contributed by atoms with van der Waals surface area (Å²) in [7, 11) is 3.25. The molecular weight excluding hydrogens is 272 g/mol. The molecule has 0 spiro atoms. The second-order valence-electron chi connectivity index (χ2n) is 4.17. The Morgan fingerprint density at radius 2 is 1.85 bits per heavy atom. The molecular formula is C16H16O3S. The van der Waals surface area contributed by atoms with Crippen LogP contribution in [0, 0.1) is 0 Å². The van der Waals surface area contributed by atoms with Gasteiger partial charge in [-0.3, -0.25) is 4.79 Å². The van der Waals surface area contributed by atoms with E-state index in [-0.39, 0.29) is 0 Å². The Bertz CT molecular complexity index is 596. The van der Waals surface area contributed by atoms with Crippen LogP contribution >= 0.6 is 11.8 Å². The summed E-state index contributed by atoms with van der Waals surface area (Å²) >= 11 is 1.68. The Balaban J connectivity index is 2.08. The van der Waals surface area contributed by atoms with Crippen LogP contribution < -0.4 is 9.47 Å². The fourth-order valence-electron chi connectivity index (χ4n) is 1.81. The topological polar surface area (TPSA) is 35.5 Å². The molecule has 0 aliphatic rings. The Hall–Kier alpha value is -1.94. The second kappa shape index (κ2) is 7.01. The molecule has 0 aliphatic heterocycles. The van der Waals surface area contributed by atoms with Gasteiger partial charge in [0.2, 0.25) is 0 Å². The van der Waals surface area contributed by atoms with Crippen molar-refractivity contribution < 1.29 is 14.3 Å².